The minimum absolute atomic E-state index is 0.227. The predicted molar refractivity (Wildman–Crippen MR) is 108 cm³/mol. The van der Waals surface area contributed by atoms with E-state index >= 15 is 0 Å². The van der Waals surface area contributed by atoms with Crippen molar-refractivity contribution in [2.24, 2.45) is 0 Å². The Kier molecular flexibility index (Phi) is 5.72. The second-order valence-corrected chi connectivity index (χ2v) is 6.77. The van der Waals surface area contributed by atoms with Crippen molar-refractivity contribution >= 4 is 11.9 Å². The van der Waals surface area contributed by atoms with Crippen LogP contribution in [-0.4, -0.2) is 47.6 Å². The van der Waals surface area contributed by atoms with Crippen LogP contribution in [0.5, 0.6) is 0 Å². The average Bonchev–Trinajstić information content (AvgIpc) is 3.33. The summed E-state index contributed by atoms with van der Waals surface area (Å²) in [5, 5.41) is 0. The predicted octanol–water partition coefficient (Wildman–Crippen LogP) is 3.23. The van der Waals surface area contributed by atoms with Crippen LogP contribution in [0, 0.1) is 0 Å². The molecule has 2 aromatic carbocycles. The molecule has 0 bridgehead atoms. The maximum Gasteiger partial charge on any atom is 0.339 e. The van der Waals surface area contributed by atoms with Crippen molar-refractivity contribution in [2.45, 2.75) is 6.10 Å². The highest BCUT2D eigenvalue weighted by molar-refractivity contribution is 5.93. The van der Waals surface area contributed by atoms with Gasteiger partial charge in [-0.2, -0.15) is 0 Å². The largest absolute Gasteiger partial charge is 0.444 e. The first-order chi connectivity index (χ1) is 14.2. The van der Waals surface area contributed by atoms with Crippen molar-refractivity contribution < 1.29 is 19.1 Å². The van der Waals surface area contributed by atoms with Gasteiger partial charge in [-0.1, -0.05) is 36.4 Å². The Morgan fingerprint density at radius 1 is 0.897 bits per heavy atom. The average molecular weight is 390 g/mol. The zero-order valence-electron chi connectivity index (χ0n) is 15.9. The van der Waals surface area contributed by atoms with Crippen LogP contribution in [0.3, 0.4) is 0 Å². The number of carbonyl (C=O) groups is 2. The van der Waals surface area contributed by atoms with Gasteiger partial charge in [-0.25, -0.2) is 4.79 Å². The molecule has 0 saturated carbocycles. The zero-order valence-corrected chi connectivity index (χ0v) is 15.9. The molecule has 6 nitrogen and oxygen atoms in total. The fourth-order valence-electron chi connectivity index (χ4n) is 3.31. The van der Waals surface area contributed by atoms with Gasteiger partial charge in [0, 0.05) is 36.7 Å². The maximum absolute atomic E-state index is 13.1. The molecule has 1 fully saturated rings. The quantitative estimate of drug-likeness (QED) is 0.628. The van der Waals surface area contributed by atoms with E-state index in [4.69, 9.17) is 9.47 Å². The van der Waals surface area contributed by atoms with Crippen LogP contribution in [-0.2, 0) is 14.3 Å². The van der Waals surface area contributed by atoms with Gasteiger partial charge in [0.25, 0.3) is 5.91 Å². The van der Waals surface area contributed by atoms with Crippen molar-refractivity contribution in [3.8, 4) is 5.69 Å². The molecular weight excluding hydrogens is 368 g/mol. The van der Waals surface area contributed by atoms with Crippen molar-refractivity contribution in [1.82, 2.24) is 9.47 Å². The van der Waals surface area contributed by atoms with E-state index in [0.29, 0.717) is 37.4 Å². The molecular formula is C23H22N2O4. The number of nitrogens with zero attached hydrogens (tertiary/aromatic N) is 2. The van der Waals surface area contributed by atoms with Gasteiger partial charge in [0.05, 0.1) is 18.8 Å². The number of morpholine rings is 1. The normalized spacial score (nSPS) is 15.0. The molecule has 6 heteroatoms. The molecule has 0 aliphatic carbocycles. The molecule has 1 aliphatic heterocycles. The van der Waals surface area contributed by atoms with Crippen LogP contribution in [0.25, 0.3) is 5.69 Å². The highest BCUT2D eigenvalue weighted by Gasteiger charge is 2.30. The van der Waals surface area contributed by atoms with Gasteiger partial charge in [0.1, 0.15) is 0 Å². The molecule has 1 aliphatic rings. The lowest BCUT2D eigenvalue weighted by atomic mass is 10.1. The van der Waals surface area contributed by atoms with Crippen molar-refractivity contribution in [1.29, 1.82) is 0 Å². The molecule has 148 valence electrons. The van der Waals surface area contributed by atoms with E-state index in [1.807, 2.05) is 53.4 Å². The summed E-state index contributed by atoms with van der Waals surface area (Å²) in [6, 6.07) is 20.1. The first kappa shape index (κ1) is 19.0. The monoisotopic (exact) mass is 390 g/mol. The minimum atomic E-state index is -0.989. The number of benzene rings is 2. The third kappa shape index (κ3) is 4.38. The summed E-state index contributed by atoms with van der Waals surface area (Å²) in [4.78, 5) is 27.7. The molecule has 1 amide bonds. The lowest BCUT2D eigenvalue weighted by Gasteiger charge is -2.30. The molecule has 2 heterocycles. The van der Waals surface area contributed by atoms with Crippen molar-refractivity contribution in [3.05, 3.63) is 90.3 Å². The van der Waals surface area contributed by atoms with Gasteiger partial charge in [-0.05, 0) is 30.3 Å². The Morgan fingerprint density at radius 2 is 1.62 bits per heavy atom. The molecule has 0 N–H and O–H groups in total. The van der Waals surface area contributed by atoms with Crippen molar-refractivity contribution in [3.63, 3.8) is 0 Å². The van der Waals surface area contributed by atoms with E-state index in [2.05, 4.69) is 0 Å². The summed E-state index contributed by atoms with van der Waals surface area (Å²) in [7, 11) is 0. The van der Waals surface area contributed by atoms with Gasteiger partial charge in [0.15, 0.2) is 0 Å². The smallest absolute Gasteiger partial charge is 0.339 e. The van der Waals surface area contributed by atoms with Crippen LogP contribution in [0.2, 0.25) is 0 Å². The summed E-state index contributed by atoms with van der Waals surface area (Å²) < 4.78 is 13.0. The van der Waals surface area contributed by atoms with Crippen LogP contribution in [0.1, 0.15) is 22.0 Å². The fourth-order valence-corrected chi connectivity index (χ4v) is 3.31. The maximum atomic E-state index is 13.1. The highest BCUT2D eigenvalue weighted by Crippen LogP contribution is 2.23. The Bertz CT molecular complexity index is 964. The van der Waals surface area contributed by atoms with Crippen LogP contribution >= 0.6 is 0 Å². The number of amides is 1. The SMILES string of the molecule is O=C(O[C@@H](C(=O)N1CCOCC1)c1ccccc1)c1cccc(-n2cccc2)c1. The Morgan fingerprint density at radius 3 is 2.34 bits per heavy atom. The summed E-state index contributed by atoms with van der Waals surface area (Å²) >= 11 is 0. The zero-order chi connectivity index (χ0) is 20.1. The van der Waals surface area contributed by atoms with E-state index in [1.54, 1.807) is 35.2 Å². The summed E-state index contributed by atoms with van der Waals surface area (Å²) in [6.07, 6.45) is 2.82. The molecule has 1 saturated heterocycles. The Hall–Kier alpha value is -3.38. The van der Waals surface area contributed by atoms with Crippen LogP contribution < -0.4 is 0 Å². The molecule has 0 spiro atoms. The van der Waals surface area contributed by atoms with E-state index < -0.39 is 12.1 Å². The molecule has 0 radical (unpaired) electrons. The van der Waals surface area contributed by atoms with E-state index in [-0.39, 0.29) is 5.91 Å². The van der Waals surface area contributed by atoms with Gasteiger partial charge >= 0.3 is 5.97 Å². The van der Waals surface area contributed by atoms with Crippen LogP contribution in [0.15, 0.2) is 79.1 Å². The molecule has 0 unspecified atom stereocenters. The number of rotatable bonds is 5. The fraction of sp³-hybridized carbons (Fsp3) is 0.217. The van der Waals surface area contributed by atoms with Crippen molar-refractivity contribution in [2.75, 3.05) is 26.3 Å². The number of hydrogen-bond acceptors (Lipinski definition) is 4. The van der Waals surface area contributed by atoms with Gasteiger partial charge in [-0.3, -0.25) is 4.79 Å². The van der Waals surface area contributed by atoms with Gasteiger partial charge < -0.3 is 18.9 Å². The highest BCUT2D eigenvalue weighted by atomic mass is 16.5. The van der Waals surface area contributed by atoms with Crippen LogP contribution in [0.4, 0.5) is 0 Å². The molecule has 4 rings (SSSR count). The lowest BCUT2D eigenvalue weighted by Crippen LogP contribution is -2.44. The first-order valence-corrected chi connectivity index (χ1v) is 9.58. The number of hydrogen-bond donors (Lipinski definition) is 0. The molecule has 1 atom stereocenters. The van der Waals surface area contributed by atoms with Gasteiger partial charge in [-0.15, -0.1) is 0 Å². The number of aromatic nitrogens is 1. The third-order valence-electron chi connectivity index (χ3n) is 4.86. The summed E-state index contributed by atoms with van der Waals surface area (Å²) in [5.74, 6) is -0.760. The molecule has 1 aromatic heterocycles. The number of esters is 1. The number of carbonyl (C=O) groups excluding carboxylic acids is 2. The van der Waals surface area contributed by atoms with Gasteiger partial charge in [0.2, 0.25) is 6.10 Å². The first-order valence-electron chi connectivity index (χ1n) is 9.58. The second kappa shape index (κ2) is 8.75. The minimum Gasteiger partial charge on any atom is -0.444 e. The third-order valence-corrected chi connectivity index (χ3v) is 4.86. The van der Waals surface area contributed by atoms with E-state index in [0.717, 1.165) is 5.69 Å². The summed E-state index contributed by atoms with van der Waals surface area (Å²) in [5.41, 5.74) is 1.89. The topological polar surface area (TPSA) is 60.8 Å². The Labute approximate surface area is 169 Å². The standard InChI is InChI=1S/C23H22N2O4/c26-22(25-13-15-28-16-14-25)21(18-7-2-1-3-8-18)29-23(27)19-9-6-10-20(17-19)24-11-4-5-12-24/h1-12,17,21H,13-16H2/t21-/m1/s1. The lowest BCUT2D eigenvalue weighted by molar-refractivity contribution is -0.145. The van der Waals surface area contributed by atoms with E-state index in [9.17, 15) is 9.59 Å². The second-order valence-electron chi connectivity index (χ2n) is 6.77. The molecule has 3 aromatic rings. The Balaban J connectivity index is 1.58. The molecule has 29 heavy (non-hydrogen) atoms. The summed E-state index contributed by atoms with van der Waals surface area (Å²) in [6.45, 7) is 1.95. The van der Waals surface area contributed by atoms with E-state index in [1.165, 1.54) is 0 Å². The number of ether oxygens (including phenoxy) is 2.